The van der Waals surface area contributed by atoms with Crippen molar-refractivity contribution in [1.82, 2.24) is 9.97 Å². The van der Waals surface area contributed by atoms with Gasteiger partial charge in [0.25, 0.3) is 0 Å². The molecule has 2 aromatic carbocycles. The summed E-state index contributed by atoms with van der Waals surface area (Å²) in [7, 11) is 0. The van der Waals surface area contributed by atoms with Gasteiger partial charge in [0, 0.05) is 31.6 Å². The number of benzene rings is 2. The molecule has 6 heteroatoms. The molecule has 0 atom stereocenters. The van der Waals surface area contributed by atoms with Gasteiger partial charge in [-0.1, -0.05) is 55.1 Å². The van der Waals surface area contributed by atoms with Gasteiger partial charge in [-0.05, 0) is 48.9 Å². The van der Waals surface area contributed by atoms with E-state index in [0.29, 0.717) is 16.5 Å². The summed E-state index contributed by atoms with van der Waals surface area (Å²) >= 11 is 19.3. The van der Waals surface area contributed by atoms with E-state index in [-0.39, 0.29) is 0 Å². The Kier molecular flexibility index (Phi) is 5.16. The van der Waals surface area contributed by atoms with Crippen molar-refractivity contribution >= 4 is 55.1 Å². The van der Waals surface area contributed by atoms with Crippen LogP contribution in [0.3, 0.4) is 0 Å². The number of nitrogens with one attached hydrogen (secondary N) is 1. The van der Waals surface area contributed by atoms with Gasteiger partial charge < -0.3 is 4.98 Å². The third-order valence-electron chi connectivity index (χ3n) is 3.41. The maximum absolute atomic E-state index is 6.30. The molecular weight excluding hydrogens is 463 g/mol. The number of nitrogens with zero attached hydrogens (tertiary/aromatic N) is 1. The van der Waals surface area contributed by atoms with Crippen LogP contribution in [0.5, 0.6) is 0 Å². The highest BCUT2D eigenvalue weighted by atomic mass is 79.9. The van der Waals surface area contributed by atoms with E-state index in [4.69, 9.17) is 28.2 Å². The van der Waals surface area contributed by atoms with Crippen LogP contribution in [0.4, 0.5) is 0 Å². The Labute approximate surface area is 161 Å². The van der Waals surface area contributed by atoms with Gasteiger partial charge >= 0.3 is 0 Å². The lowest BCUT2D eigenvalue weighted by molar-refractivity contribution is 1.01. The molecule has 23 heavy (non-hydrogen) atoms. The molecule has 3 rings (SSSR count). The maximum atomic E-state index is 6.30. The average molecular weight is 475 g/mol. The third-order valence-corrected chi connectivity index (χ3v) is 4.88. The monoisotopic (exact) mass is 472 g/mol. The van der Waals surface area contributed by atoms with Crippen LogP contribution in [0, 0.1) is 6.92 Å². The van der Waals surface area contributed by atoms with E-state index >= 15 is 0 Å². The second kappa shape index (κ2) is 6.98. The molecule has 1 N–H and O–H groups in total. The van der Waals surface area contributed by atoms with Crippen LogP contribution >= 0.6 is 55.1 Å². The van der Waals surface area contributed by atoms with E-state index in [1.54, 1.807) is 6.07 Å². The van der Waals surface area contributed by atoms with Gasteiger partial charge in [-0.2, -0.15) is 0 Å². The SMILES string of the molecule is Cc1[nH]c(Cc2cc(Br)cc(Br)c2)nc1-c1ccc(Cl)cc1Cl. The maximum Gasteiger partial charge on any atom is 0.111 e. The molecular formula is C17H12Br2Cl2N2. The van der Waals surface area contributed by atoms with Gasteiger partial charge in [-0.3, -0.25) is 0 Å². The minimum atomic E-state index is 0.601. The topological polar surface area (TPSA) is 28.7 Å². The van der Waals surface area contributed by atoms with Crippen molar-refractivity contribution in [2.24, 2.45) is 0 Å². The summed E-state index contributed by atoms with van der Waals surface area (Å²) in [6.45, 7) is 1.99. The smallest absolute Gasteiger partial charge is 0.111 e. The Bertz CT molecular complexity index is 855. The number of aryl methyl sites for hydroxylation is 1. The lowest BCUT2D eigenvalue weighted by Crippen LogP contribution is -1.91. The van der Waals surface area contributed by atoms with Crippen LogP contribution in [0.1, 0.15) is 17.1 Å². The fraction of sp³-hybridized carbons (Fsp3) is 0.118. The summed E-state index contributed by atoms with van der Waals surface area (Å²) in [5.41, 5.74) is 3.88. The molecule has 0 fully saturated rings. The first-order valence-electron chi connectivity index (χ1n) is 6.88. The summed E-state index contributed by atoms with van der Waals surface area (Å²) in [6.07, 6.45) is 0.712. The minimum Gasteiger partial charge on any atom is -0.345 e. The summed E-state index contributed by atoms with van der Waals surface area (Å²) in [5.74, 6) is 0.897. The van der Waals surface area contributed by atoms with Crippen molar-refractivity contribution in [3.05, 3.63) is 72.5 Å². The number of hydrogen-bond acceptors (Lipinski definition) is 1. The molecule has 0 bridgehead atoms. The van der Waals surface area contributed by atoms with Gasteiger partial charge in [-0.15, -0.1) is 0 Å². The Morgan fingerprint density at radius 3 is 2.39 bits per heavy atom. The van der Waals surface area contributed by atoms with Crippen LogP contribution in [-0.4, -0.2) is 9.97 Å². The first-order valence-corrected chi connectivity index (χ1v) is 9.22. The van der Waals surface area contributed by atoms with Gasteiger partial charge in [0.1, 0.15) is 5.82 Å². The molecule has 1 heterocycles. The molecule has 2 nitrogen and oxygen atoms in total. The number of aromatic amines is 1. The zero-order valence-corrected chi connectivity index (χ0v) is 16.8. The quantitative estimate of drug-likeness (QED) is 0.444. The fourth-order valence-electron chi connectivity index (χ4n) is 2.46. The molecule has 0 amide bonds. The molecule has 118 valence electrons. The molecule has 0 unspecified atom stereocenters. The number of aromatic nitrogens is 2. The summed E-state index contributed by atoms with van der Waals surface area (Å²) in [5, 5.41) is 1.22. The second-order valence-corrected chi connectivity index (χ2v) is 7.91. The van der Waals surface area contributed by atoms with E-state index in [1.807, 2.05) is 25.1 Å². The highest BCUT2D eigenvalue weighted by molar-refractivity contribution is 9.11. The van der Waals surface area contributed by atoms with Crippen LogP contribution in [0.15, 0.2) is 45.3 Å². The summed E-state index contributed by atoms with van der Waals surface area (Å²) in [4.78, 5) is 8.05. The van der Waals surface area contributed by atoms with Crippen molar-refractivity contribution < 1.29 is 0 Å². The standard InChI is InChI=1S/C17H12Br2Cl2N2/c1-9-17(14-3-2-13(20)8-15(14)21)23-16(22-9)6-10-4-11(18)7-12(19)5-10/h2-5,7-8H,6H2,1H3,(H,22,23). The van der Waals surface area contributed by atoms with Gasteiger partial charge in [0.05, 0.1) is 10.7 Å². The first kappa shape index (κ1) is 17.0. The van der Waals surface area contributed by atoms with E-state index in [2.05, 4.69) is 49.0 Å². The molecule has 0 aliphatic rings. The third kappa shape index (κ3) is 4.00. The molecule has 0 aliphatic heterocycles. The highest BCUT2D eigenvalue weighted by Crippen LogP contribution is 2.31. The van der Waals surface area contributed by atoms with Crippen LogP contribution in [-0.2, 0) is 6.42 Å². The Hall–Kier alpha value is -0.810. The van der Waals surface area contributed by atoms with E-state index < -0.39 is 0 Å². The predicted molar refractivity (Wildman–Crippen MR) is 103 cm³/mol. The summed E-state index contributed by atoms with van der Waals surface area (Å²) in [6, 6.07) is 11.6. The zero-order valence-electron chi connectivity index (χ0n) is 12.1. The lowest BCUT2D eigenvalue weighted by Gasteiger charge is -2.02. The normalized spacial score (nSPS) is 11.0. The van der Waals surface area contributed by atoms with E-state index in [0.717, 1.165) is 37.3 Å². The Morgan fingerprint density at radius 2 is 1.74 bits per heavy atom. The molecule has 1 aromatic heterocycles. The molecule has 0 saturated carbocycles. The number of halogens is 4. The Balaban J connectivity index is 1.94. The lowest BCUT2D eigenvalue weighted by atomic mass is 10.1. The second-order valence-electron chi connectivity index (χ2n) is 5.24. The van der Waals surface area contributed by atoms with Crippen molar-refractivity contribution in [1.29, 1.82) is 0 Å². The molecule has 0 aliphatic carbocycles. The first-order chi connectivity index (χ1) is 10.9. The van der Waals surface area contributed by atoms with Crippen LogP contribution in [0.2, 0.25) is 10.0 Å². The minimum absolute atomic E-state index is 0.601. The van der Waals surface area contributed by atoms with Gasteiger partial charge in [0.2, 0.25) is 0 Å². The van der Waals surface area contributed by atoms with Crippen molar-refractivity contribution in [2.75, 3.05) is 0 Å². The summed E-state index contributed by atoms with van der Waals surface area (Å²) < 4.78 is 2.07. The van der Waals surface area contributed by atoms with Crippen molar-refractivity contribution in [3.63, 3.8) is 0 Å². The number of imidazole rings is 1. The molecule has 0 saturated heterocycles. The number of H-pyrrole nitrogens is 1. The highest BCUT2D eigenvalue weighted by Gasteiger charge is 2.13. The van der Waals surface area contributed by atoms with E-state index in [9.17, 15) is 0 Å². The fourth-order valence-corrected chi connectivity index (χ4v) is 4.34. The largest absolute Gasteiger partial charge is 0.345 e. The predicted octanol–water partition coefficient (Wildman–Crippen LogP) is 6.81. The number of hydrogen-bond donors (Lipinski definition) is 1. The van der Waals surface area contributed by atoms with E-state index in [1.165, 1.54) is 0 Å². The van der Waals surface area contributed by atoms with Crippen LogP contribution in [0.25, 0.3) is 11.3 Å². The van der Waals surface area contributed by atoms with Gasteiger partial charge in [0.15, 0.2) is 0 Å². The Morgan fingerprint density at radius 1 is 1.04 bits per heavy atom. The molecule has 0 radical (unpaired) electrons. The molecule has 3 aromatic rings. The van der Waals surface area contributed by atoms with Crippen molar-refractivity contribution in [3.8, 4) is 11.3 Å². The number of rotatable bonds is 3. The van der Waals surface area contributed by atoms with Crippen LogP contribution < -0.4 is 0 Å². The van der Waals surface area contributed by atoms with Gasteiger partial charge in [-0.25, -0.2) is 4.98 Å². The zero-order chi connectivity index (χ0) is 16.6. The molecule has 0 spiro atoms. The van der Waals surface area contributed by atoms with Crippen molar-refractivity contribution in [2.45, 2.75) is 13.3 Å². The average Bonchev–Trinajstić information content (AvgIpc) is 2.78.